The standard InChI is InChI=1S/C14H27NO2/c1-3-9-15-13(12-6-10-17-11-12)14(16-2)7-4-5-8-14/h12-13,15H,3-11H2,1-2H3. The van der Waals surface area contributed by atoms with Gasteiger partial charge in [0.2, 0.25) is 0 Å². The molecule has 1 saturated carbocycles. The van der Waals surface area contributed by atoms with Gasteiger partial charge in [0.15, 0.2) is 0 Å². The SMILES string of the molecule is CCCNC(C1CCOC1)C1(OC)CCCC1. The Morgan fingerprint density at radius 2 is 2.18 bits per heavy atom. The van der Waals surface area contributed by atoms with Crippen LogP contribution < -0.4 is 5.32 Å². The summed E-state index contributed by atoms with van der Waals surface area (Å²) in [6.45, 7) is 5.15. The van der Waals surface area contributed by atoms with E-state index >= 15 is 0 Å². The van der Waals surface area contributed by atoms with Crippen LogP contribution in [0.5, 0.6) is 0 Å². The maximum absolute atomic E-state index is 5.95. The molecule has 3 heteroatoms. The van der Waals surface area contributed by atoms with Crippen LogP contribution in [0.25, 0.3) is 0 Å². The molecule has 2 rings (SSSR count). The fraction of sp³-hybridized carbons (Fsp3) is 1.00. The number of hydrogen-bond donors (Lipinski definition) is 1. The van der Waals surface area contributed by atoms with Crippen molar-refractivity contribution in [2.45, 2.75) is 57.1 Å². The Kier molecular flexibility index (Phi) is 4.83. The largest absolute Gasteiger partial charge is 0.381 e. The van der Waals surface area contributed by atoms with Gasteiger partial charge in [-0.1, -0.05) is 19.8 Å². The third-order valence-corrected chi connectivity index (χ3v) is 4.47. The van der Waals surface area contributed by atoms with Crippen LogP contribution in [0.15, 0.2) is 0 Å². The molecule has 3 nitrogen and oxygen atoms in total. The topological polar surface area (TPSA) is 30.5 Å². The van der Waals surface area contributed by atoms with Crippen molar-refractivity contribution in [1.29, 1.82) is 0 Å². The molecule has 2 fully saturated rings. The van der Waals surface area contributed by atoms with Crippen LogP contribution in [0.2, 0.25) is 0 Å². The fourth-order valence-corrected chi connectivity index (χ4v) is 3.51. The van der Waals surface area contributed by atoms with Gasteiger partial charge in [-0.25, -0.2) is 0 Å². The quantitative estimate of drug-likeness (QED) is 0.774. The summed E-state index contributed by atoms with van der Waals surface area (Å²) in [5.41, 5.74) is 0.0769. The van der Waals surface area contributed by atoms with Gasteiger partial charge < -0.3 is 14.8 Å². The zero-order chi connectivity index (χ0) is 12.1. The first-order chi connectivity index (χ1) is 8.32. The third kappa shape index (κ3) is 2.83. The third-order valence-electron chi connectivity index (χ3n) is 4.47. The fourth-order valence-electron chi connectivity index (χ4n) is 3.51. The van der Waals surface area contributed by atoms with E-state index in [1.165, 1.54) is 38.5 Å². The Morgan fingerprint density at radius 3 is 2.71 bits per heavy atom. The minimum Gasteiger partial charge on any atom is -0.381 e. The van der Waals surface area contributed by atoms with E-state index in [1.54, 1.807) is 0 Å². The second-order valence-corrected chi connectivity index (χ2v) is 5.53. The van der Waals surface area contributed by atoms with Crippen LogP contribution in [-0.2, 0) is 9.47 Å². The molecule has 0 aromatic rings. The van der Waals surface area contributed by atoms with Crippen LogP contribution in [0, 0.1) is 5.92 Å². The summed E-state index contributed by atoms with van der Waals surface area (Å²) in [6.07, 6.45) is 7.41. The van der Waals surface area contributed by atoms with Crippen molar-refractivity contribution in [3.63, 3.8) is 0 Å². The molecule has 2 unspecified atom stereocenters. The Labute approximate surface area is 105 Å². The van der Waals surface area contributed by atoms with E-state index in [2.05, 4.69) is 12.2 Å². The highest BCUT2D eigenvalue weighted by Crippen LogP contribution is 2.39. The molecule has 2 aliphatic rings. The normalized spacial score (nSPS) is 29.6. The maximum atomic E-state index is 5.95. The van der Waals surface area contributed by atoms with Crippen molar-refractivity contribution in [1.82, 2.24) is 5.32 Å². The van der Waals surface area contributed by atoms with Gasteiger partial charge in [0.25, 0.3) is 0 Å². The number of nitrogens with one attached hydrogen (secondary N) is 1. The number of ether oxygens (including phenoxy) is 2. The van der Waals surface area contributed by atoms with Crippen LogP contribution in [0.4, 0.5) is 0 Å². The first kappa shape index (κ1) is 13.3. The molecule has 1 aliphatic heterocycles. The Hall–Kier alpha value is -0.120. The van der Waals surface area contributed by atoms with Crippen LogP contribution in [0.1, 0.15) is 45.4 Å². The van der Waals surface area contributed by atoms with Crippen molar-refractivity contribution in [3.05, 3.63) is 0 Å². The first-order valence-electron chi connectivity index (χ1n) is 7.18. The highest BCUT2D eigenvalue weighted by molar-refractivity contribution is 5.00. The second-order valence-electron chi connectivity index (χ2n) is 5.53. The summed E-state index contributed by atoms with van der Waals surface area (Å²) in [7, 11) is 1.89. The number of hydrogen-bond acceptors (Lipinski definition) is 3. The summed E-state index contributed by atoms with van der Waals surface area (Å²) in [4.78, 5) is 0. The monoisotopic (exact) mass is 241 g/mol. The van der Waals surface area contributed by atoms with Gasteiger partial charge in [0.1, 0.15) is 0 Å². The van der Waals surface area contributed by atoms with E-state index in [4.69, 9.17) is 9.47 Å². The van der Waals surface area contributed by atoms with Gasteiger partial charge in [0.05, 0.1) is 12.2 Å². The van der Waals surface area contributed by atoms with E-state index in [9.17, 15) is 0 Å². The second kappa shape index (κ2) is 6.17. The Morgan fingerprint density at radius 1 is 1.41 bits per heavy atom. The highest BCUT2D eigenvalue weighted by atomic mass is 16.5. The smallest absolute Gasteiger partial charge is 0.0834 e. The van der Waals surface area contributed by atoms with Crippen molar-refractivity contribution in [2.75, 3.05) is 26.9 Å². The predicted molar refractivity (Wildman–Crippen MR) is 69.2 cm³/mol. The average Bonchev–Trinajstić information content (AvgIpc) is 3.01. The molecule has 1 heterocycles. The van der Waals surface area contributed by atoms with Crippen LogP contribution >= 0.6 is 0 Å². The first-order valence-corrected chi connectivity index (χ1v) is 7.18. The zero-order valence-electron chi connectivity index (χ0n) is 11.3. The van der Waals surface area contributed by atoms with Gasteiger partial charge >= 0.3 is 0 Å². The molecule has 1 N–H and O–H groups in total. The lowest BCUT2D eigenvalue weighted by molar-refractivity contribution is -0.0525. The van der Waals surface area contributed by atoms with E-state index < -0.39 is 0 Å². The van der Waals surface area contributed by atoms with E-state index in [-0.39, 0.29) is 5.60 Å². The Bertz CT molecular complexity index is 220. The zero-order valence-corrected chi connectivity index (χ0v) is 11.3. The van der Waals surface area contributed by atoms with Gasteiger partial charge in [-0.05, 0) is 32.2 Å². The van der Waals surface area contributed by atoms with Crippen LogP contribution in [0.3, 0.4) is 0 Å². The summed E-state index contributed by atoms with van der Waals surface area (Å²) < 4.78 is 11.5. The molecule has 2 atom stereocenters. The van der Waals surface area contributed by atoms with Crippen molar-refractivity contribution < 1.29 is 9.47 Å². The highest BCUT2D eigenvalue weighted by Gasteiger charge is 2.45. The summed E-state index contributed by atoms with van der Waals surface area (Å²) in [5.74, 6) is 0.639. The van der Waals surface area contributed by atoms with E-state index in [0.717, 1.165) is 19.8 Å². The lowest BCUT2D eigenvalue weighted by Gasteiger charge is -2.40. The van der Waals surface area contributed by atoms with Gasteiger partial charge in [-0.3, -0.25) is 0 Å². The maximum Gasteiger partial charge on any atom is 0.0834 e. The molecule has 100 valence electrons. The van der Waals surface area contributed by atoms with Crippen molar-refractivity contribution in [3.8, 4) is 0 Å². The van der Waals surface area contributed by atoms with Gasteiger partial charge in [-0.15, -0.1) is 0 Å². The lowest BCUT2D eigenvalue weighted by Crippen LogP contribution is -2.55. The molecular weight excluding hydrogens is 214 g/mol. The van der Waals surface area contributed by atoms with Gasteiger partial charge in [0, 0.05) is 25.7 Å². The van der Waals surface area contributed by atoms with Crippen LogP contribution in [-0.4, -0.2) is 38.5 Å². The van der Waals surface area contributed by atoms with E-state index in [0.29, 0.717) is 12.0 Å². The molecule has 1 aliphatic carbocycles. The molecule has 0 bridgehead atoms. The molecule has 0 spiro atoms. The minimum atomic E-state index is 0.0769. The van der Waals surface area contributed by atoms with E-state index in [1.807, 2.05) is 7.11 Å². The molecule has 0 amide bonds. The molecule has 17 heavy (non-hydrogen) atoms. The Balaban J connectivity index is 2.06. The minimum absolute atomic E-state index is 0.0769. The molecule has 1 saturated heterocycles. The summed E-state index contributed by atoms with van der Waals surface area (Å²) in [6, 6.07) is 0.484. The van der Waals surface area contributed by atoms with Crippen molar-refractivity contribution >= 4 is 0 Å². The summed E-state index contributed by atoms with van der Waals surface area (Å²) >= 11 is 0. The van der Waals surface area contributed by atoms with Gasteiger partial charge in [-0.2, -0.15) is 0 Å². The van der Waals surface area contributed by atoms with Crippen molar-refractivity contribution in [2.24, 2.45) is 5.92 Å². The molecule has 0 radical (unpaired) electrons. The molecule has 0 aromatic carbocycles. The predicted octanol–water partition coefficient (Wildman–Crippen LogP) is 2.35. The number of rotatable bonds is 6. The summed E-state index contributed by atoms with van der Waals surface area (Å²) in [5, 5.41) is 3.74. The average molecular weight is 241 g/mol. The number of methoxy groups -OCH3 is 1. The molecular formula is C14H27NO2. The lowest BCUT2D eigenvalue weighted by atomic mass is 9.82. The molecule has 0 aromatic heterocycles.